The van der Waals surface area contributed by atoms with E-state index in [-0.39, 0.29) is 0 Å². The molecule has 0 saturated carbocycles. The van der Waals surface area contributed by atoms with Gasteiger partial charge in [0.25, 0.3) is 0 Å². The van der Waals surface area contributed by atoms with Gasteiger partial charge in [0, 0.05) is 42.1 Å². The van der Waals surface area contributed by atoms with E-state index < -0.39 is 0 Å². The number of likely N-dealkylation sites (N-methyl/N-ethyl adjacent to an activating group) is 1. The first-order valence-electron chi connectivity index (χ1n) is 10.8. The van der Waals surface area contributed by atoms with E-state index in [1.807, 2.05) is 0 Å². The second-order valence-electron chi connectivity index (χ2n) is 9.25. The third-order valence-electron chi connectivity index (χ3n) is 8.14. The van der Waals surface area contributed by atoms with Crippen LogP contribution < -0.4 is 4.90 Å². The molecular weight excluding hydrogens is 352 g/mol. The molecule has 0 bridgehead atoms. The fraction of sp³-hybridized carbons (Fsp3) is 0.444. The van der Waals surface area contributed by atoms with Gasteiger partial charge in [-0.3, -0.25) is 0 Å². The maximum atomic E-state index is 2.45. The van der Waals surface area contributed by atoms with Crippen LogP contribution in [0.2, 0.25) is 0 Å². The number of fused-ring (bicyclic) bond motifs is 2. The lowest BCUT2D eigenvalue weighted by Gasteiger charge is -2.20. The molecule has 2 aromatic carbocycles. The predicted molar refractivity (Wildman–Crippen MR) is 126 cm³/mol. The molecule has 0 N–H and O–H groups in total. The van der Waals surface area contributed by atoms with Crippen molar-refractivity contribution in [2.45, 2.75) is 68.2 Å². The third kappa shape index (κ3) is 2.64. The Hall–Kier alpha value is -2.35. The molecule has 0 aliphatic carbocycles. The van der Waals surface area contributed by atoms with Gasteiger partial charge in [0.05, 0.1) is 6.42 Å². The van der Waals surface area contributed by atoms with Crippen LogP contribution in [0.25, 0.3) is 0 Å². The molecule has 2 heterocycles. The SMILES string of the molecule is Cc1c(C)c(C)c2c(c1C)CC(=CC1=[N+](C)c3c(C)c(C)c(C)c(C)c3C1)N2C. The van der Waals surface area contributed by atoms with Crippen LogP contribution >= 0.6 is 0 Å². The molecule has 0 amide bonds. The van der Waals surface area contributed by atoms with E-state index in [0.717, 1.165) is 12.8 Å². The minimum atomic E-state index is 1.03. The first kappa shape index (κ1) is 19.9. The van der Waals surface area contributed by atoms with Crippen LogP contribution in [0.15, 0.2) is 11.8 Å². The Bertz CT molecular complexity index is 1140. The van der Waals surface area contributed by atoms with Crippen molar-refractivity contribution in [3.05, 3.63) is 67.4 Å². The van der Waals surface area contributed by atoms with Crippen molar-refractivity contribution < 1.29 is 4.58 Å². The molecule has 0 saturated heterocycles. The molecular formula is C27H35N2+. The standard InChI is InChI=1S/C27H35N2/c1-14-16(3)20(7)26-24(18(14)5)12-22(28(26)9)11-23-13-25-19(6)15(2)17(4)21(8)27(25)29(23)10/h11H,12-13H2,1-10H3/q+1. The highest BCUT2D eigenvalue weighted by Crippen LogP contribution is 2.42. The summed E-state index contributed by atoms with van der Waals surface area (Å²) in [7, 11) is 4.48. The van der Waals surface area contributed by atoms with Gasteiger partial charge >= 0.3 is 0 Å². The van der Waals surface area contributed by atoms with Gasteiger partial charge in [-0.05, 0) is 99.9 Å². The fourth-order valence-corrected chi connectivity index (χ4v) is 5.46. The first-order valence-corrected chi connectivity index (χ1v) is 10.8. The van der Waals surface area contributed by atoms with Gasteiger partial charge in [0.2, 0.25) is 5.69 Å². The zero-order chi connectivity index (χ0) is 21.4. The lowest BCUT2D eigenvalue weighted by atomic mass is 9.91. The zero-order valence-electron chi connectivity index (χ0n) is 19.9. The molecule has 2 nitrogen and oxygen atoms in total. The smallest absolute Gasteiger partial charge is 0.212 e. The average Bonchev–Trinajstić information content (AvgIpc) is 3.19. The lowest BCUT2D eigenvalue weighted by Crippen LogP contribution is -2.16. The van der Waals surface area contributed by atoms with Crippen LogP contribution in [0.1, 0.15) is 55.6 Å². The van der Waals surface area contributed by atoms with Crippen molar-refractivity contribution in [2.75, 3.05) is 19.0 Å². The number of hydrogen-bond acceptors (Lipinski definition) is 1. The second-order valence-corrected chi connectivity index (χ2v) is 9.25. The van der Waals surface area contributed by atoms with Crippen LogP contribution in [0, 0.1) is 55.4 Å². The highest BCUT2D eigenvalue weighted by Gasteiger charge is 2.33. The van der Waals surface area contributed by atoms with E-state index in [1.54, 1.807) is 0 Å². The molecule has 0 unspecified atom stereocenters. The van der Waals surface area contributed by atoms with Gasteiger partial charge in [0.15, 0.2) is 5.71 Å². The summed E-state index contributed by atoms with van der Waals surface area (Å²) in [6.45, 7) is 18.2. The maximum absolute atomic E-state index is 2.45. The summed E-state index contributed by atoms with van der Waals surface area (Å²) >= 11 is 0. The Morgan fingerprint density at radius 1 is 0.655 bits per heavy atom. The van der Waals surface area contributed by atoms with Gasteiger partial charge in [-0.15, -0.1) is 0 Å². The normalized spacial score (nSPS) is 16.9. The molecule has 0 atom stereocenters. The maximum Gasteiger partial charge on any atom is 0.212 e. The first-order chi connectivity index (χ1) is 13.6. The van der Waals surface area contributed by atoms with Gasteiger partial charge < -0.3 is 4.90 Å². The van der Waals surface area contributed by atoms with Crippen molar-refractivity contribution >= 4 is 17.1 Å². The van der Waals surface area contributed by atoms with Crippen molar-refractivity contribution in [3.8, 4) is 0 Å². The number of benzene rings is 2. The highest BCUT2D eigenvalue weighted by molar-refractivity contribution is 5.98. The van der Waals surface area contributed by atoms with Gasteiger partial charge in [-0.25, -0.2) is 0 Å². The van der Waals surface area contributed by atoms with E-state index in [0.29, 0.717) is 0 Å². The van der Waals surface area contributed by atoms with Crippen LogP contribution in [0.3, 0.4) is 0 Å². The van der Waals surface area contributed by atoms with Crippen molar-refractivity contribution in [3.63, 3.8) is 0 Å². The molecule has 152 valence electrons. The Balaban J connectivity index is 1.81. The number of nitrogens with zero attached hydrogens (tertiary/aromatic N) is 2. The summed E-state index contributed by atoms with van der Waals surface area (Å²) in [6.07, 6.45) is 4.51. The molecule has 0 radical (unpaired) electrons. The van der Waals surface area contributed by atoms with Gasteiger partial charge in [-0.2, -0.15) is 4.58 Å². The van der Waals surface area contributed by atoms with E-state index in [2.05, 4.69) is 85.0 Å². The van der Waals surface area contributed by atoms with Gasteiger partial charge in [-0.1, -0.05) is 0 Å². The number of allylic oxidation sites excluding steroid dienone is 2. The Morgan fingerprint density at radius 3 is 1.79 bits per heavy atom. The molecule has 2 heteroatoms. The highest BCUT2D eigenvalue weighted by atomic mass is 15.1. The molecule has 29 heavy (non-hydrogen) atoms. The molecule has 2 aromatic rings. The largest absolute Gasteiger partial charge is 0.347 e. The van der Waals surface area contributed by atoms with Gasteiger partial charge in [0.1, 0.15) is 7.05 Å². The molecule has 2 aliphatic rings. The summed E-state index contributed by atoms with van der Waals surface area (Å²) in [4.78, 5) is 2.43. The van der Waals surface area contributed by atoms with Crippen LogP contribution in [0.5, 0.6) is 0 Å². The zero-order valence-corrected chi connectivity index (χ0v) is 19.9. The van der Waals surface area contributed by atoms with E-state index in [4.69, 9.17) is 0 Å². The van der Waals surface area contributed by atoms with Crippen molar-refractivity contribution in [1.29, 1.82) is 0 Å². The third-order valence-corrected chi connectivity index (χ3v) is 8.14. The summed E-state index contributed by atoms with van der Waals surface area (Å²) in [5.41, 5.74) is 20.3. The van der Waals surface area contributed by atoms with Crippen LogP contribution in [-0.4, -0.2) is 24.4 Å². The Morgan fingerprint density at radius 2 is 1.17 bits per heavy atom. The topological polar surface area (TPSA) is 6.25 Å². The van der Waals surface area contributed by atoms with E-state index in [1.165, 1.54) is 78.4 Å². The molecule has 4 rings (SSSR count). The second kappa shape index (κ2) is 6.58. The minimum absolute atomic E-state index is 1.03. The van der Waals surface area contributed by atoms with Crippen LogP contribution in [-0.2, 0) is 12.8 Å². The molecule has 0 aromatic heterocycles. The fourth-order valence-electron chi connectivity index (χ4n) is 5.46. The van der Waals surface area contributed by atoms with E-state index in [9.17, 15) is 0 Å². The minimum Gasteiger partial charge on any atom is -0.347 e. The number of hydrogen-bond donors (Lipinski definition) is 0. The molecule has 0 spiro atoms. The Labute approximate surface area is 176 Å². The summed E-state index contributed by atoms with van der Waals surface area (Å²) in [5.74, 6) is 0. The van der Waals surface area contributed by atoms with Crippen LogP contribution in [0.4, 0.5) is 11.4 Å². The summed E-state index contributed by atoms with van der Waals surface area (Å²) < 4.78 is 2.43. The lowest BCUT2D eigenvalue weighted by molar-refractivity contribution is -0.401. The molecule has 0 fully saturated rings. The molecule has 2 aliphatic heterocycles. The summed E-state index contributed by atoms with van der Waals surface area (Å²) in [5, 5.41) is 0. The van der Waals surface area contributed by atoms with E-state index >= 15 is 0 Å². The number of rotatable bonds is 1. The number of anilines is 1. The van der Waals surface area contributed by atoms with Crippen molar-refractivity contribution in [1.82, 2.24) is 0 Å². The average molecular weight is 388 g/mol. The predicted octanol–water partition coefficient (Wildman–Crippen LogP) is 6.00. The van der Waals surface area contributed by atoms with Crippen molar-refractivity contribution in [2.24, 2.45) is 0 Å². The Kier molecular flexibility index (Phi) is 4.53. The monoisotopic (exact) mass is 387 g/mol. The summed E-state index contributed by atoms with van der Waals surface area (Å²) in [6, 6.07) is 0. The quantitative estimate of drug-likeness (QED) is 0.544.